The summed E-state index contributed by atoms with van der Waals surface area (Å²) in [6.07, 6.45) is 0. The molecule has 29 heavy (non-hydrogen) atoms. The van der Waals surface area contributed by atoms with Crippen molar-refractivity contribution in [1.82, 2.24) is 9.80 Å². The first-order valence-electron chi connectivity index (χ1n) is 10.1. The van der Waals surface area contributed by atoms with Crippen LogP contribution in [-0.4, -0.2) is 74.8 Å². The van der Waals surface area contributed by atoms with E-state index in [1.807, 2.05) is 12.1 Å². The number of anilines is 1. The van der Waals surface area contributed by atoms with Gasteiger partial charge in [0.05, 0.1) is 25.8 Å². The van der Waals surface area contributed by atoms with Crippen molar-refractivity contribution in [3.8, 4) is 0 Å². The Balaban J connectivity index is 1.36. The van der Waals surface area contributed by atoms with E-state index in [2.05, 4.69) is 32.2 Å². The first-order valence-corrected chi connectivity index (χ1v) is 11.0. The van der Waals surface area contributed by atoms with Gasteiger partial charge in [0.2, 0.25) is 0 Å². The third-order valence-corrected chi connectivity index (χ3v) is 6.55. The molecule has 0 spiro atoms. The van der Waals surface area contributed by atoms with E-state index in [0.29, 0.717) is 12.5 Å². The number of thiophene rings is 1. The topological polar surface area (TPSA) is 57.3 Å². The number of nitrogens with zero attached hydrogens (tertiary/aromatic N) is 4. The lowest BCUT2D eigenvalue weighted by Crippen LogP contribution is -2.51. The predicted molar refractivity (Wildman–Crippen MR) is 116 cm³/mol. The summed E-state index contributed by atoms with van der Waals surface area (Å²) in [7, 11) is 0. The van der Waals surface area contributed by atoms with Crippen molar-refractivity contribution in [2.45, 2.75) is 6.04 Å². The quantitative estimate of drug-likeness (QED) is 0.598. The Bertz CT molecular complexity index is 784. The van der Waals surface area contributed by atoms with Crippen molar-refractivity contribution < 1.29 is 9.13 Å². The predicted octanol–water partition coefficient (Wildman–Crippen LogP) is 2.40. The SMILES string of the molecule is NC(=NCC(c1cccs1)N1CCOCC1)N1CCN(c2ccc(F)cc2)CC1. The van der Waals surface area contributed by atoms with Crippen LogP contribution in [0.5, 0.6) is 0 Å². The van der Waals surface area contributed by atoms with E-state index >= 15 is 0 Å². The van der Waals surface area contributed by atoms with Crippen molar-refractivity contribution in [3.63, 3.8) is 0 Å². The maximum Gasteiger partial charge on any atom is 0.191 e. The molecule has 1 unspecified atom stereocenters. The second kappa shape index (κ2) is 9.56. The highest BCUT2D eigenvalue weighted by atomic mass is 32.1. The Kier molecular flexibility index (Phi) is 6.63. The maximum atomic E-state index is 13.1. The van der Waals surface area contributed by atoms with Gasteiger partial charge in [-0.2, -0.15) is 0 Å². The van der Waals surface area contributed by atoms with Crippen LogP contribution in [0.15, 0.2) is 46.8 Å². The molecule has 2 aromatic rings. The summed E-state index contributed by atoms with van der Waals surface area (Å²) in [5.41, 5.74) is 7.40. The molecule has 2 aliphatic heterocycles. The van der Waals surface area contributed by atoms with Gasteiger partial charge in [-0.05, 0) is 35.7 Å². The Labute approximate surface area is 175 Å². The van der Waals surface area contributed by atoms with Crippen LogP contribution >= 0.6 is 11.3 Å². The summed E-state index contributed by atoms with van der Waals surface area (Å²) in [5, 5.41) is 2.12. The summed E-state index contributed by atoms with van der Waals surface area (Å²) in [6, 6.07) is 11.2. The summed E-state index contributed by atoms with van der Waals surface area (Å²) >= 11 is 1.77. The van der Waals surface area contributed by atoms with Crippen LogP contribution in [0.25, 0.3) is 0 Å². The molecule has 0 amide bonds. The molecular formula is C21H28FN5OS. The molecule has 4 rings (SSSR count). The van der Waals surface area contributed by atoms with Gasteiger partial charge in [0, 0.05) is 49.8 Å². The molecule has 0 radical (unpaired) electrons. The number of aliphatic imine (C=N–C) groups is 1. The maximum absolute atomic E-state index is 13.1. The Morgan fingerprint density at radius 3 is 2.45 bits per heavy atom. The van der Waals surface area contributed by atoms with E-state index < -0.39 is 0 Å². The third-order valence-electron chi connectivity index (χ3n) is 5.58. The molecular weight excluding hydrogens is 389 g/mol. The number of rotatable bonds is 5. The Hall–Kier alpha value is -2.16. The standard InChI is InChI=1S/C21H28FN5OS/c22-17-3-5-18(6-4-17)25-7-9-27(10-8-25)21(23)24-16-19(20-2-1-15-29-20)26-11-13-28-14-12-26/h1-6,15,19H,7-14,16H2,(H2,23,24). The first-order chi connectivity index (χ1) is 14.2. The van der Waals surface area contributed by atoms with E-state index in [9.17, 15) is 4.39 Å². The largest absolute Gasteiger partial charge is 0.379 e. The molecule has 2 fully saturated rings. The van der Waals surface area contributed by atoms with Gasteiger partial charge in [0.1, 0.15) is 5.82 Å². The summed E-state index contributed by atoms with van der Waals surface area (Å²) in [6.45, 7) is 7.37. The average molecular weight is 418 g/mol. The molecule has 2 saturated heterocycles. The monoisotopic (exact) mass is 417 g/mol. The van der Waals surface area contributed by atoms with E-state index in [0.717, 1.165) is 58.2 Å². The zero-order valence-corrected chi connectivity index (χ0v) is 17.4. The first kappa shape index (κ1) is 20.1. The molecule has 1 atom stereocenters. The molecule has 156 valence electrons. The number of hydrogen-bond acceptors (Lipinski definition) is 5. The molecule has 0 bridgehead atoms. The van der Waals surface area contributed by atoms with Gasteiger partial charge in [-0.15, -0.1) is 11.3 Å². The fraction of sp³-hybridized carbons (Fsp3) is 0.476. The molecule has 1 aromatic carbocycles. The number of morpholine rings is 1. The molecule has 2 N–H and O–H groups in total. The lowest BCUT2D eigenvalue weighted by Gasteiger charge is -2.37. The van der Waals surface area contributed by atoms with Crippen LogP contribution in [0.2, 0.25) is 0 Å². The number of piperazine rings is 1. The zero-order valence-electron chi connectivity index (χ0n) is 16.5. The number of ether oxygens (including phenoxy) is 1. The fourth-order valence-corrected chi connectivity index (χ4v) is 4.73. The lowest BCUT2D eigenvalue weighted by molar-refractivity contribution is 0.0186. The van der Waals surface area contributed by atoms with E-state index in [1.165, 1.54) is 17.0 Å². The van der Waals surface area contributed by atoms with Gasteiger partial charge < -0.3 is 20.3 Å². The van der Waals surface area contributed by atoms with Gasteiger partial charge in [0.15, 0.2) is 5.96 Å². The summed E-state index contributed by atoms with van der Waals surface area (Å²) < 4.78 is 18.6. The molecule has 2 aliphatic rings. The zero-order chi connectivity index (χ0) is 20.1. The average Bonchev–Trinajstić information content (AvgIpc) is 3.30. The molecule has 0 saturated carbocycles. The Morgan fingerprint density at radius 1 is 1.07 bits per heavy atom. The minimum absolute atomic E-state index is 0.204. The van der Waals surface area contributed by atoms with Crippen molar-refractivity contribution in [2.75, 3.05) is 63.9 Å². The highest BCUT2D eigenvalue weighted by Gasteiger charge is 2.24. The third kappa shape index (κ3) is 5.07. The van der Waals surface area contributed by atoms with Gasteiger partial charge in [-0.1, -0.05) is 6.07 Å². The van der Waals surface area contributed by atoms with Gasteiger partial charge in [-0.25, -0.2) is 4.39 Å². The Morgan fingerprint density at radius 2 is 1.79 bits per heavy atom. The van der Waals surface area contributed by atoms with E-state index in [-0.39, 0.29) is 11.9 Å². The highest BCUT2D eigenvalue weighted by molar-refractivity contribution is 7.10. The number of benzene rings is 1. The summed E-state index contributed by atoms with van der Waals surface area (Å²) in [4.78, 5) is 12.9. The van der Waals surface area contributed by atoms with Crippen molar-refractivity contribution in [1.29, 1.82) is 0 Å². The van der Waals surface area contributed by atoms with Crippen LogP contribution in [0.3, 0.4) is 0 Å². The smallest absolute Gasteiger partial charge is 0.191 e. The molecule has 0 aliphatic carbocycles. The van der Waals surface area contributed by atoms with Crippen molar-refractivity contribution in [3.05, 3.63) is 52.5 Å². The van der Waals surface area contributed by atoms with Crippen LogP contribution in [0.4, 0.5) is 10.1 Å². The number of nitrogens with two attached hydrogens (primary N) is 1. The van der Waals surface area contributed by atoms with Crippen molar-refractivity contribution in [2.24, 2.45) is 10.7 Å². The second-order valence-electron chi connectivity index (χ2n) is 7.33. The van der Waals surface area contributed by atoms with Gasteiger partial charge in [0.25, 0.3) is 0 Å². The lowest BCUT2D eigenvalue weighted by atomic mass is 10.2. The normalized spacial score (nSPS) is 20.1. The highest BCUT2D eigenvalue weighted by Crippen LogP contribution is 2.26. The van der Waals surface area contributed by atoms with Crippen molar-refractivity contribution >= 4 is 23.0 Å². The number of halogens is 1. The van der Waals surface area contributed by atoms with Gasteiger partial charge in [-0.3, -0.25) is 9.89 Å². The molecule has 3 heterocycles. The number of hydrogen-bond donors (Lipinski definition) is 1. The molecule has 6 nitrogen and oxygen atoms in total. The van der Waals surface area contributed by atoms with Gasteiger partial charge >= 0.3 is 0 Å². The number of guanidine groups is 1. The fourth-order valence-electron chi connectivity index (χ4n) is 3.88. The second-order valence-corrected chi connectivity index (χ2v) is 8.31. The summed E-state index contributed by atoms with van der Waals surface area (Å²) in [5.74, 6) is 0.405. The van der Waals surface area contributed by atoms with Crippen LogP contribution in [0, 0.1) is 5.82 Å². The van der Waals surface area contributed by atoms with E-state index in [1.54, 1.807) is 11.3 Å². The minimum Gasteiger partial charge on any atom is -0.379 e. The van der Waals surface area contributed by atoms with Crippen LogP contribution < -0.4 is 10.6 Å². The van der Waals surface area contributed by atoms with E-state index in [4.69, 9.17) is 15.5 Å². The molecule has 1 aromatic heterocycles. The minimum atomic E-state index is -0.204. The molecule has 8 heteroatoms. The van der Waals surface area contributed by atoms with Crippen LogP contribution in [0.1, 0.15) is 10.9 Å². The van der Waals surface area contributed by atoms with Crippen LogP contribution in [-0.2, 0) is 4.74 Å².